The van der Waals surface area contributed by atoms with Crippen LogP contribution < -0.4 is 4.90 Å². The van der Waals surface area contributed by atoms with E-state index in [0.717, 1.165) is 48.4 Å². The van der Waals surface area contributed by atoms with Gasteiger partial charge in [0.1, 0.15) is 0 Å². The van der Waals surface area contributed by atoms with Crippen molar-refractivity contribution in [3.63, 3.8) is 0 Å². The summed E-state index contributed by atoms with van der Waals surface area (Å²) in [5.41, 5.74) is 2.07. The summed E-state index contributed by atoms with van der Waals surface area (Å²) < 4.78 is 0.995. The van der Waals surface area contributed by atoms with E-state index >= 15 is 0 Å². The van der Waals surface area contributed by atoms with Crippen molar-refractivity contribution < 1.29 is 10.2 Å². The van der Waals surface area contributed by atoms with Gasteiger partial charge in [0.2, 0.25) is 0 Å². The molecule has 1 aliphatic rings. The number of aliphatic hydroxyl groups excluding tert-OH is 2. The molecule has 1 heterocycles. The number of piperazine rings is 1. The van der Waals surface area contributed by atoms with Crippen LogP contribution in [-0.2, 0) is 6.61 Å². The zero-order chi connectivity index (χ0) is 13.0. The summed E-state index contributed by atoms with van der Waals surface area (Å²) in [5, 5.41) is 18.3. The van der Waals surface area contributed by atoms with Gasteiger partial charge in [-0.15, -0.1) is 0 Å². The van der Waals surface area contributed by atoms with E-state index in [9.17, 15) is 5.11 Å². The van der Waals surface area contributed by atoms with Crippen LogP contribution in [0.4, 0.5) is 5.69 Å². The van der Waals surface area contributed by atoms with Crippen LogP contribution in [-0.4, -0.2) is 54.4 Å². The van der Waals surface area contributed by atoms with Gasteiger partial charge in [0, 0.05) is 48.4 Å². The molecule has 0 amide bonds. The minimum atomic E-state index is 0.0611. The number of nitrogens with zero attached hydrogens (tertiary/aromatic N) is 2. The molecule has 1 aromatic carbocycles. The van der Waals surface area contributed by atoms with E-state index in [-0.39, 0.29) is 13.2 Å². The smallest absolute Gasteiger partial charge is 0.0702 e. The summed E-state index contributed by atoms with van der Waals surface area (Å²) in [6, 6.07) is 6.03. The largest absolute Gasteiger partial charge is 0.395 e. The third kappa shape index (κ3) is 3.23. The maximum absolute atomic E-state index is 9.42. The number of β-amino-alcohol motifs (C(OH)–C–C–N with tert-alkyl or cyclic N) is 1. The van der Waals surface area contributed by atoms with Gasteiger partial charge in [0.05, 0.1) is 13.2 Å². The maximum Gasteiger partial charge on any atom is 0.0702 e. The average molecular weight is 315 g/mol. The molecule has 2 N–H and O–H groups in total. The molecule has 1 saturated heterocycles. The lowest BCUT2D eigenvalue weighted by molar-refractivity contribution is 0.188. The second kappa shape index (κ2) is 6.52. The van der Waals surface area contributed by atoms with E-state index in [2.05, 4.69) is 31.8 Å². The Bertz CT molecular complexity index is 393. The van der Waals surface area contributed by atoms with Crippen LogP contribution in [0.2, 0.25) is 0 Å². The van der Waals surface area contributed by atoms with Gasteiger partial charge in [-0.25, -0.2) is 0 Å². The molecule has 0 saturated carbocycles. The van der Waals surface area contributed by atoms with Gasteiger partial charge in [-0.05, 0) is 18.2 Å². The highest BCUT2D eigenvalue weighted by atomic mass is 79.9. The molecule has 4 nitrogen and oxygen atoms in total. The van der Waals surface area contributed by atoms with Crippen molar-refractivity contribution in [1.82, 2.24) is 4.90 Å². The minimum absolute atomic E-state index is 0.0611. The van der Waals surface area contributed by atoms with Crippen LogP contribution in [0.1, 0.15) is 5.56 Å². The Hall–Kier alpha value is -0.620. The Balaban J connectivity index is 2.05. The summed E-state index contributed by atoms with van der Waals surface area (Å²) in [7, 11) is 0. The molecule has 0 atom stereocenters. The van der Waals surface area contributed by atoms with Crippen LogP contribution >= 0.6 is 15.9 Å². The highest BCUT2D eigenvalue weighted by Crippen LogP contribution is 2.25. The molecule has 18 heavy (non-hydrogen) atoms. The molecule has 100 valence electrons. The monoisotopic (exact) mass is 314 g/mol. The fraction of sp³-hybridized carbons (Fsp3) is 0.538. The average Bonchev–Trinajstić information content (AvgIpc) is 2.40. The van der Waals surface area contributed by atoms with Crippen molar-refractivity contribution in [3.05, 3.63) is 28.2 Å². The third-order valence-electron chi connectivity index (χ3n) is 3.34. The molecule has 0 radical (unpaired) electrons. The summed E-state index contributed by atoms with van der Waals surface area (Å²) in [4.78, 5) is 4.56. The van der Waals surface area contributed by atoms with Crippen LogP contribution in [0.25, 0.3) is 0 Å². The molecule has 1 fully saturated rings. The lowest BCUT2D eigenvalue weighted by atomic mass is 10.1. The van der Waals surface area contributed by atoms with Crippen molar-refractivity contribution in [1.29, 1.82) is 0 Å². The van der Waals surface area contributed by atoms with Crippen molar-refractivity contribution in [2.24, 2.45) is 0 Å². The van der Waals surface area contributed by atoms with Gasteiger partial charge in [0.15, 0.2) is 0 Å². The van der Waals surface area contributed by atoms with Crippen molar-refractivity contribution in [2.45, 2.75) is 6.61 Å². The van der Waals surface area contributed by atoms with Crippen molar-refractivity contribution in [3.8, 4) is 0 Å². The lowest BCUT2D eigenvalue weighted by Crippen LogP contribution is -2.47. The molecule has 0 unspecified atom stereocenters. The van der Waals surface area contributed by atoms with Gasteiger partial charge < -0.3 is 15.1 Å². The van der Waals surface area contributed by atoms with E-state index < -0.39 is 0 Å². The van der Waals surface area contributed by atoms with Crippen molar-refractivity contribution in [2.75, 3.05) is 44.2 Å². The van der Waals surface area contributed by atoms with E-state index in [4.69, 9.17) is 5.11 Å². The predicted molar refractivity (Wildman–Crippen MR) is 75.8 cm³/mol. The first-order valence-electron chi connectivity index (χ1n) is 6.22. The zero-order valence-corrected chi connectivity index (χ0v) is 11.9. The van der Waals surface area contributed by atoms with Crippen LogP contribution in [0.15, 0.2) is 22.7 Å². The number of benzene rings is 1. The predicted octanol–water partition coefficient (Wildman–Crippen LogP) is 1.06. The molecular formula is C13H19BrN2O2. The lowest BCUT2D eigenvalue weighted by Gasteiger charge is -2.36. The molecule has 5 heteroatoms. The highest BCUT2D eigenvalue weighted by molar-refractivity contribution is 9.10. The fourth-order valence-corrected chi connectivity index (χ4v) is 2.75. The van der Waals surface area contributed by atoms with Crippen LogP contribution in [0.5, 0.6) is 0 Å². The first kappa shape index (κ1) is 13.8. The Morgan fingerprint density at radius 2 is 1.83 bits per heavy atom. The summed E-state index contributed by atoms with van der Waals surface area (Å²) in [6.07, 6.45) is 0. The molecule has 1 aliphatic heterocycles. The molecule has 2 rings (SSSR count). The Morgan fingerprint density at radius 3 is 2.44 bits per heavy atom. The van der Waals surface area contributed by atoms with E-state index in [1.54, 1.807) is 0 Å². The minimum Gasteiger partial charge on any atom is -0.395 e. The maximum atomic E-state index is 9.42. The zero-order valence-electron chi connectivity index (χ0n) is 10.3. The van der Waals surface area contributed by atoms with Gasteiger partial charge >= 0.3 is 0 Å². The van der Waals surface area contributed by atoms with Crippen LogP contribution in [0, 0.1) is 0 Å². The quantitative estimate of drug-likeness (QED) is 0.872. The standard InChI is InChI=1S/C13H19BrN2O2/c14-12-1-2-13(11(9-12)10-18)16-5-3-15(4-6-16)7-8-17/h1-2,9,17-18H,3-8,10H2. The van der Waals surface area contributed by atoms with Crippen LogP contribution in [0.3, 0.4) is 0 Å². The normalized spacial score (nSPS) is 17.2. The van der Waals surface area contributed by atoms with E-state index in [1.165, 1.54) is 0 Å². The van der Waals surface area contributed by atoms with E-state index in [1.807, 2.05) is 12.1 Å². The fourth-order valence-electron chi connectivity index (χ4n) is 2.34. The van der Waals surface area contributed by atoms with Gasteiger partial charge in [-0.3, -0.25) is 4.90 Å². The highest BCUT2D eigenvalue weighted by Gasteiger charge is 2.18. The molecule has 0 aromatic heterocycles. The molecule has 1 aromatic rings. The topological polar surface area (TPSA) is 46.9 Å². The SMILES string of the molecule is OCCN1CCN(c2ccc(Br)cc2CO)CC1. The Morgan fingerprint density at radius 1 is 1.11 bits per heavy atom. The first-order valence-corrected chi connectivity index (χ1v) is 7.01. The van der Waals surface area contributed by atoms with Gasteiger partial charge in [-0.2, -0.15) is 0 Å². The third-order valence-corrected chi connectivity index (χ3v) is 3.83. The number of hydrogen-bond donors (Lipinski definition) is 2. The second-order valence-electron chi connectivity index (χ2n) is 4.48. The number of hydrogen-bond acceptors (Lipinski definition) is 4. The second-order valence-corrected chi connectivity index (χ2v) is 5.40. The summed E-state index contributed by atoms with van der Waals surface area (Å²) in [6.45, 7) is 4.83. The van der Waals surface area contributed by atoms with Crippen molar-refractivity contribution >= 4 is 21.6 Å². The summed E-state index contributed by atoms with van der Waals surface area (Å²) >= 11 is 3.43. The van der Waals surface area contributed by atoms with Gasteiger partial charge in [0.25, 0.3) is 0 Å². The van der Waals surface area contributed by atoms with E-state index in [0.29, 0.717) is 0 Å². The molecule has 0 bridgehead atoms. The number of rotatable bonds is 4. The van der Waals surface area contributed by atoms with Gasteiger partial charge in [-0.1, -0.05) is 15.9 Å². The number of anilines is 1. The first-order chi connectivity index (χ1) is 8.74. The molecule has 0 spiro atoms. The summed E-state index contributed by atoms with van der Waals surface area (Å²) in [5.74, 6) is 0. The Labute approximate surface area is 116 Å². The molecular weight excluding hydrogens is 296 g/mol. The Kier molecular flexibility index (Phi) is 5.00. The number of aliphatic hydroxyl groups is 2. The number of halogens is 1. The molecule has 0 aliphatic carbocycles.